The van der Waals surface area contributed by atoms with Crippen LogP contribution in [0.25, 0.3) is 0 Å². The van der Waals surface area contributed by atoms with Crippen LogP contribution in [0, 0.1) is 0 Å². The van der Waals surface area contributed by atoms with Crippen molar-refractivity contribution in [2.75, 3.05) is 113 Å². The number of carbonyl (C=O) groups excluding carboxylic acids is 8. The number of aliphatic hydroxyl groups is 9. The fraction of sp³-hybridized carbons (Fsp3) is 0.857. The van der Waals surface area contributed by atoms with Crippen molar-refractivity contribution in [2.45, 2.75) is 196 Å². The van der Waals surface area contributed by atoms with E-state index in [0.29, 0.717) is 0 Å². The molecule has 17 atom stereocenters. The lowest BCUT2D eigenvalue weighted by Crippen LogP contribution is -2.64. The van der Waals surface area contributed by atoms with Crippen LogP contribution in [0.2, 0.25) is 0 Å². The van der Waals surface area contributed by atoms with Crippen LogP contribution >= 0.6 is 19.5 Å². The van der Waals surface area contributed by atoms with E-state index in [1.54, 1.807) is 27.7 Å². The third-order valence-electron chi connectivity index (χ3n) is 14.3. The van der Waals surface area contributed by atoms with Gasteiger partial charge in [0.2, 0.25) is 47.3 Å². The van der Waals surface area contributed by atoms with Crippen molar-refractivity contribution in [1.82, 2.24) is 42.5 Å². The minimum absolute atomic E-state index is 0.0249. The van der Waals surface area contributed by atoms with Crippen molar-refractivity contribution in [3.63, 3.8) is 0 Å². The molecular weight excluding hydrogens is 1310 g/mol. The lowest BCUT2D eigenvalue weighted by molar-refractivity contribution is -0.272. The maximum atomic E-state index is 13.8. The highest BCUT2D eigenvalue weighted by atomic mass is 32.7. The lowest BCUT2D eigenvalue weighted by atomic mass is 9.97. The molecule has 2 aliphatic rings. The van der Waals surface area contributed by atoms with Gasteiger partial charge in [0.15, 0.2) is 18.8 Å². The van der Waals surface area contributed by atoms with Gasteiger partial charge in [-0.05, 0) is 51.5 Å². The number of amides is 8. The Labute approximate surface area is 557 Å². The summed E-state index contributed by atoms with van der Waals surface area (Å²) < 4.78 is 72.4. The van der Waals surface area contributed by atoms with Gasteiger partial charge in [-0.1, -0.05) is 0 Å². The molecule has 17 unspecified atom stereocenters. The Balaban J connectivity index is 2.18. The van der Waals surface area contributed by atoms with Crippen LogP contribution in [0.5, 0.6) is 0 Å². The Morgan fingerprint density at radius 1 is 0.558 bits per heavy atom. The Bertz CT molecular complexity index is 2340. The number of hydrogen-bond acceptors (Lipinski definition) is 29. The quantitative estimate of drug-likeness (QED) is 0.0116. The number of aliphatic hydroxyl groups excluding tert-OH is 9. The summed E-state index contributed by atoms with van der Waals surface area (Å²) in [7, 11) is -1.06. The van der Waals surface area contributed by atoms with E-state index in [0.717, 1.165) is 6.92 Å². The van der Waals surface area contributed by atoms with E-state index >= 15 is 0 Å². The Kier molecular flexibility index (Phi) is 41.8. The number of carbonyl (C=O) groups is 8. The molecular formula is C56H102N8O29PS+. The molecule has 0 aromatic carbocycles. The molecule has 2 saturated heterocycles. The van der Waals surface area contributed by atoms with Crippen LogP contribution in [-0.2, 0) is 94.8 Å². The first-order chi connectivity index (χ1) is 44.8. The summed E-state index contributed by atoms with van der Waals surface area (Å²) in [6, 6.07) is -5.10. The molecule has 2 heterocycles. The largest absolute Gasteiger partial charge is 0.582 e. The number of methoxy groups -OCH3 is 1. The second kappa shape index (κ2) is 45.9. The number of ether oxygens (including phenoxy) is 10. The molecule has 0 aromatic rings. The molecule has 0 bridgehead atoms. The van der Waals surface area contributed by atoms with E-state index in [1.807, 2.05) is 0 Å². The summed E-state index contributed by atoms with van der Waals surface area (Å²) >= 11 is 3.80. The van der Waals surface area contributed by atoms with Gasteiger partial charge in [0.1, 0.15) is 97.0 Å². The summed E-state index contributed by atoms with van der Waals surface area (Å²) in [6.45, 7) is 6.69. The van der Waals surface area contributed by atoms with Gasteiger partial charge in [-0.3, -0.25) is 38.4 Å². The molecule has 39 heteroatoms. The van der Waals surface area contributed by atoms with Gasteiger partial charge in [0.05, 0.1) is 91.5 Å². The van der Waals surface area contributed by atoms with Crippen LogP contribution in [0.4, 0.5) is 0 Å². The first-order valence-electron chi connectivity index (χ1n) is 30.8. The zero-order valence-electron chi connectivity index (χ0n) is 54.9. The van der Waals surface area contributed by atoms with Crippen molar-refractivity contribution in [2.24, 2.45) is 0 Å². The summed E-state index contributed by atoms with van der Waals surface area (Å²) in [5, 5.41) is 112. The molecule has 0 saturated carbocycles. The smallest absolute Gasteiger partial charge is 0.394 e. The molecule has 550 valence electrons. The summed E-state index contributed by atoms with van der Waals surface area (Å²) in [6.07, 6.45) is -18.6. The monoisotopic (exact) mass is 1410 g/mol. The molecule has 37 nitrogen and oxygen atoms in total. The second-order valence-electron chi connectivity index (χ2n) is 23.3. The van der Waals surface area contributed by atoms with Crippen molar-refractivity contribution in [3.8, 4) is 0 Å². The highest BCUT2D eigenvalue weighted by Gasteiger charge is 2.47. The predicted molar refractivity (Wildman–Crippen MR) is 331 cm³/mol. The Hall–Kier alpha value is -4.59. The van der Waals surface area contributed by atoms with Gasteiger partial charge >= 0.3 is 7.23 Å². The van der Waals surface area contributed by atoms with Crippen LogP contribution in [0.15, 0.2) is 0 Å². The standard InChI is InChI=1S/C56H101N8O29PS/c1-31(68)60-42-47(77)45(75)37(28-66)91-53(42)88-25-22-84-18-15-57-39(71)11-9-34(50(80)58-17-20-86-23-26-89-54-43(61-32(2)69)48(78)46(76)38(29-67)92-54)63-40(72)12-10-35(64-41(73)13-14-55(4,5)90-30-56(6,7)93-94(82)95)51(81)59-16-19-85-21-24-87-52(62-33(3)70)49(79)44(74)36(27-65)83-8/h34-38,42-49,52-54,65-67,74-79H,9-30H2,1-8H3,(H8-,57,58,59,60,61,62,63,64,68,69,70,71,72,73,80,81,82,95)/p+1. The van der Waals surface area contributed by atoms with E-state index < -0.39 is 190 Å². The fourth-order valence-corrected chi connectivity index (χ4v) is 10.3. The van der Waals surface area contributed by atoms with Gasteiger partial charge in [-0.2, -0.15) is 0 Å². The van der Waals surface area contributed by atoms with Crippen LogP contribution < -0.4 is 42.5 Å². The number of hydrogen-bond donors (Lipinski definition) is 18. The third-order valence-corrected chi connectivity index (χ3v) is 15.2. The van der Waals surface area contributed by atoms with Crippen molar-refractivity contribution in [3.05, 3.63) is 0 Å². The average Bonchev–Trinajstić information content (AvgIpc) is 0.858. The summed E-state index contributed by atoms with van der Waals surface area (Å²) in [5.41, 5.74) is -1.94. The molecule has 8 amide bonds. The zero-order chi connectivity index (χ0) is 71.4. The molecule has 0 aromatic heterocycles. The van der Waals surface area contributed by atoms with E-state index in [1.165, 1.54) is 21.0 Å². The third kappa shape index (κ3) is 34.2. The van der Waals surface area contributed by atoms with Gasteiger partial charge in [0, 0.05) is 66.8 Å². The summed E-state index contributed by atoms with van der Waals surface area (Å²) in [5.74, 6) is -5.18. The maximum Gasteiger partial charge on any atom is 0.582 e. The number of rotatable bonds is 49. The normalized spacial score (nSPS) is 23.5. The predicted octanol–water partition coefficient (Wildman–Crippen LogP) is -7.00. The van der Waals surface area contributed by atoms with E-state index in [4.69, 9.17) is 51.9 Å². The van der Waals surface area contributed by atoms with E-state index in [9.17, 15) is 88.9 Å². The topological polar surface area (TPSA) is 533 Å². The molecule has 95 heavy (non-hydrogen) atoms. The van der Waals surface area contributed by atoms with Crippen LogP contribution in [0.3, 0.4) is 0 Å². The fourth-order valence-electron chi connectivity index (χ4n) is 9.16. The Morgan fingerprint density at radius 2 is 1.00 bits per heavy atom. The van der Waals surface area contributed by atoms with Gasteiger partial charge < -0.3 is 136 Å². The Morgan fingerprint density at radius 3 is 1.42 bits per heavy atom. The minimum atomic E-state index is -2.26. The van der Waals surface area contributed by atoms with Gasteiger partial charge in [-0.25, -0.2) is 0 Å². The second-order valence-corrected chi connectivity index (χ2v) is 24.9. The van der Waals surface area contributed by atoms with E-state index in [2.05, 4.69) is 54.8 Å². The molecule has 0 radical (unpaired) electrons. The molecule has 2 fully saturated rings. The van der Waals surface area contributed by atoms with E-state index in [-0.39, 0.29) is 118 Å². The maximum absolute atomic E-state index is 13.8. The highest BCUT2D eigenvalue weighted by molar-refractivity contribution is 8.39. The minimum Gasteiger partial charge on any atom is -0.394 e. The van der Waals surface area contributed by atoms with Crippen LogP contribution in [0.1, 0.15) is 87.0 Å². The van der Waals surface area contributed by atoms with Crippen molar-refractivity contribution < 1.29 is 141 Å². The van der Waals surface area contributed by atoms with Crippen molar-refractivity contribution in [1.29, 1.82) is 0 Å². The van der Waals surface area contributed by atoms with Crippen LogP contribution in [-0.4, -0.2) is 315 Å². The number of thiol groups is 1. The molecule has 2 aliphatic heterocycles. The van der Waals surface area contributed by atoms with Gasteiger partial charge in [0.25, 0.3) is 0 Å². The SMILES string of the molecule is COC(CO)C(O)C(O)C(NC(C)=O)OCCOCCNC(=O)C(CCC(=O)NC(CCC(=O)NCCOCCOC1OC(CO)C(O)C(O)C1NC(C)=O)C(=O)NCCOCCOC1OC(CO)C(O)C(O)C1NC(C)=O)NC(=O)CCC(C)(C)OCC(C)(C)O[P+](=O)S. The van der Waals surface area contributed by atoms with Gasteiger partial charge in [-0.15, -0.1) is 4.52 Å². The summed E-state index contributed by atoms with van der Waals surface area (Å²) in [4.78, 5) is 103. The first kappa shape index (κ1) is 86.5. The van der Waals surface area contributed by atoms with Crippen molar-refractivity contribution >= 4 is 66.7 Å². The highest BCUT2D eigenvalue weighted by Crippen LogP contribution is 2.35. The number of nitrogens with one attached hydrogen (secondary N) is 8. The molecule has 0 spiro atoms. The first-order valence-corrected chi connectivity index (χ1v) is 33.2. The zero-order valence-corrected chi connectivity index (χ0v) is 56.7. The molecule has 17 N–H and O–H groups in total. The average molecular weight is 1410 g/mol. The molecule has 0 aliphatic carbocycles. The molecule has 2 rings (SSSR count). The lowest BCUT2D eigenvalue weighted by Gasteiger charge is -2.42.